The predicted octanol–water partition coefficient (Wildman–Crippen LogP) is 2.38. The number of carbonyl (C=O) groups excluding carboxylic acids is 1. The van der Waals surface area contributed by atoms with E-state index < -0.39 is 5.97 Å². The quantitative estimate of drug-likeness (QED) is 0.904. The number of carboxylic acids is 1. The molecule has 0 aromatic carbocycles. The Labute approximate surface area is 116 Å². The maximum Gasteiger partial charge on any atom is 0.308 e. The van der Waals surface area contributed by atoms with Crippen molar-refractivity contribution >= 4 is 23.2 Å². The van der Waals surface area contributed by atoms with E-state index in [2.05, 4.69) is 0 Å². The van der Waals surface area contributed by atoms with Gasteiger partial charge < -0.3 is 10.0 Å². The van der Waals surface area contributed by atoms with E-state index in [1.54, 1.807) is 0 Å². The second kappa shape index (κ2) is 4.63. The fraction of sp³-hybridized carbons (Fsp3) is 0.571. The number of nitrogens with zero attached hydrogens (tertiary/aromatic N) is 1. The number of piperidine rings is 2. The van der Waals surface area contributed by atoms with Gasteiger partial charge in [-0.1, -0.05) is 0 Å². The first kappa shape index (κ1) is 12.7. The summed E-state index contributed by atoms with van der Waals surface area (Å²) in [6.07, 6.45) is 2.61. The van der Waals surface area contributed by atoms with Crippen molar-refractivity contribution in [2.75, 3.05) is 6.54 Å². The highest BCUT2D eigenvalue weighted by molar-refractivity contribution is 7.08. The molecule has 3 heterocycles. The average molecular weight is 279 g/mol. The first-order chi connectivity index (χ1) is 9.08. The summed E-state index contributed by atoms with van der Waals surface area (Å²) >= 11 is 1.52. The van der Waals surface area contributed by atoms with Crippen LogP contribution in [0.3, 0.4) is 0 Å². The van der Waals surface area contributed by atoms with Crippen LogP contribution in [0, 0.1) is 18.8 Å². The van der Waals surface area contributed by atoms with E-state index in [-0.39, 0.29) is 17.9 Å². The van der Waals surface area contributed by atoms with E-state index >= 15 is 0 Å². The average Bonchev–Trinajstić information content (AvgIpc) is 2.84. The van der Waals surface area contributed by atoms with Gasteiger partial charge in [0.15, 0.2) is 0 Å². The van der Waals surface area contributed by atoms with Gasteiger partial charge in [0.2, 0.25) is 0 Å². The van der Waals surface area contributed by atoms with Gasteiger partial charge in [-0.3, -0.25) is 9.59 Å². The Kier molecular flexibility index (Phi) is 3.09. The van der Waals surface area contributed by atoms with E-state index in [0.29, 0.717) is 5.92 Å². The van der Waals surface area contributed by atoms with Gasteiger partial charge in [-0.25, -0.2) is 0 Å². The molecule has 102 valence electrons. The number of hydrogen-bond acceptors (Lipinski definition) is 3. The van der Waals surface area contributed by atoms with Gasteiger partial charge in [0, 0.05) is 18.0 Å². The van der Waals surface area contributed by atoms with Crippen molar-refractivity contribution in [3.8, 4) is 0 Å². The molecule has 3 aliphatic rings. The lowest BCUT2D eigenvalue weighted by atomic mass is 9.72. The minimum atomic E-state index is -0.755. The van der Waals surface area contributed by atoms with Gasteiger partial charge >= 0.3 is 5.97 Å². The zero-order valence-electron chi connectivity index (χ0n) is 10.8. The Balaban J connectivity index is 1.87. The third-order valence-electron chi connectivity index (χ3n) is 4.44. The van der Waals surface area contributed by atoms with Gasteiger partial charge in [-0.2, -0.15) is 11.3 Å². The van der Waals surface area contributed by atoms with E-state index in [1.165, 1.54) is 11.3 Å². The number of carboxylic acid groups (broad SMARTS) is 1. The van der Waals surface area contributed by atoms with Crippen molar-refractivity contribution in [2.45, 2.75) is 32.2 Å². The molecule has 1 N–H and O–H groups in total. The molecular formula is C14H17NO3S. The number of rotatable bonds is 2. The molecule has 0 spiro atoms. The van der Waals surface area contributed by atoms with Crippen LogP contribution in [0.25, 0.3) is 0 Å². The van der Waals surface area contributed by atoms with Crippen LogP contribution in [-0.4, -0.2) is 34.5 Å². The molecule has 5 heteroatoms. The van der Waals surface area contributed by atoms with Gasteiger partial charge in [-0.05, 0) is 43.0 Å². The molecule has 2 aliphatic heterocycles. The lowest BCUT2D eigenvalue weighted by Gasteiger charge is -2.48. The third-order valence-corrected chi connectivity index (χ3v) is 5.30. The summed E-state index contributed by atoms with van der Waals surface area (Å²) in [5.41, 5.74) is 1.73. The van der Waals surface area contributed by atoms with Crippen molar-refractivity contribution < 1.29 is 14.7 Å². The van der Waals surface area contributed by atoms with E-state index in [0.717, 1.165) is 36.9 Å². The topological polar surface area (TPSA) is 57.6 Å². The molecule has 1 aromatic rings. The summed E-state index contributed by atoms with van der Waals surface area (Å²) in [5.74, 6) is -0.766. The Morgan fingerprint density at radius 1 is 1.37 bits per heavy atom. The molecule has 2 saturated heterocycles. The van der Waals surface area contributed by atoms with Gasteiger partial charge in [0.1, 0.15) is 0 Å². The third kappa shape index (κ3) is 2.06. The summed E-state index contributed by atoms with van der Waals surface area (Å²) in [5, 5.41) is 13.1. The molecule has 1 amide bonds. The highest BCUT2D eigenvalue weighted by Crippen LogP contribution is 2.40. The standard InChI is InChI=1S/C14H17NO3S/c1-8-6-19-7-11(8)13(16)15-5-9-2-3-12(15)10(4-9)14(17)18/h6-7,9-10,12H,2-5H2,1H3,(H,17,18). The summed E-state index contributed by atoms with van der Waals surface area (Å²) in [7, 11) is 0. The van der Waals surface area contributed by atoms with E-state index in [9.17, 15) is 14.7 Å². The minimum Gasteiger partial charge on any atom is -0.481 e. The SMILES string of the molecule is Cc1cscc1C(=O)N1CC2CCC1C(C(=O)O)C2. The first-order valence-corrected chi connectivity index (χ1v) is 7.58. The van der Waals surface area contributed by atoms with Crippen molar-refractivity contribution in [1.29, 1.82) is 0 Å². The van der Waals surface area contributed by atoms with Crippen LogP contribution >= 0.6 is 11.3 Å². The fourth-order valence-corrected chi connectivity index (χ4v) is 4.25. The summed E-state index contributed by atoms with van der Waals surface area (Å²) in [6, 6.07) is -0.116. The summed E-state index contributed by atoms with van der Waals surface area (Å²) in [6.45, 7) is 2.66. The Morgan fingerprint density at radius 2 is 2.16 bits per heavy atom. The predicted molar refractivity (Wildman–Crippen MR) is 72.3 cm³/mol. The molecule has 3 fully saturated rings. The number of carbonyl (C=O) groups is 2. The van der Waals surface area contributed by atoms with Crippen LogP contribution in [0.5, 0.6) is 0 Å². The number of fused-ring (bicyclic) bond motifs is 3. The Hall–Kier alpha value is -1.36. The van der Waals surface area contributed by atoms with Crippen LogP contribution < -0.4 is 0 Å². The Bertz CT molecular complexity index is 525. The second-order valence-electron chi connectivity index (χ2n) is 5.62. The Morgan fingerprint density at radius 3 is 2.74 bits per heavy atom. The van der Waals surface area contributed by atoms with Crippen LogP contribution in [0.15, 0.2) is 10.8 Å². The maximum atomic E-state index is 12.6. The number of hydrogen-bond donors (Lipinski definition) is 1. The van der Waals surface area contributed by atoms with Crippen molar-refractivity contribution in [2.24, 2.45) is 11.8 Å². The summed E-state index contributed by atoms with van der Waals surface area (Å²) in [4.78, 5) is 25.7. The number of amides is 1. The zero-order chi connectivity index (χ0) is 13.6. The molecule has 3 unspecified atom stereocenters. The molecule has 1 aromatic heterocycles. The molecule has 1 aliphatic carbocycles. The molecule has 0 radical (unpaired) electrons. The van der Waals surface area contributed by atoms with Crippen LogP contribution in [0.1, 0.15) is 35.2 Å². The monoisotopic (exact) mass is 279 g/mol. The number of thiophene rings is 1. The minimum absolute atomic E-state index is 0.0133. The maximum absolute atomic E-state index is 12.6. The van der Waals surface area contributed by atoms with Crippen molar-refractivity contribution in [3.63, 3.8) is 0 Å². The van der Waals surface area contributed by atoms with Crippen molar-refractivity contribution in [3.05, 3.63) is 21.9 Å². The van der Waals surface area contributed by atoms with Crippen LogP contribution in [0.2, 0.25) is 0 Å². The molecular weight excluding hydrogens is 262 g/mol. The van der Waals surface area contributed by atoms with Gasteiger partial charge in [-0.15, -0.1) is 0 Å². The molecule has 3 atom stereocenters. The smallest absolute Gasteiger partial charge is 0.308 e. The van der Waals surface area contributed by atoms with Crippen molar-refractivity contribution in [1.82, 2.24) is 4.90 Å². The number of aliphatic carboxylic acids is 1. The van der Waals surface area contributed by atoms with E-state index in [4.69, 9.17) is 0 Å². The molecule has 2 bridgehead atoms. The highest BCUT2D eigenvalue weighted by atomic mass is 32.1. The molecule has 19 heavy (non-hydrogen) atoms. The summed E-state index contributed by atoms with van der Waals surface area (Å²) < 4.78 is 0. The second-order valence-corrected chi connectivity index (χ2v) is 6.36. The molecule has 4 nitrogen and oxygen atoms in total. The normalized spacial score (nSPS) is 29.5. The lowest BCUT2D eigenvalue weighted by Crippen LogP contribution is -2.57. The fourth-order valence-electron chi connectivity index (χ4n) is 3.43. The largest absolute Gasteiger partial charge is 0.481 e. The molecule has 1 saturated carbocycles. The zero-order valence-corrected chi connectivity index (χ0v) is 11.7. The lowest BCUT2D eigenvalue weighted by molar-refractivity contribution is -0.148. The molecule has 4 rings (SSSR count). The van der Waals surface area contributed by atoms with E-state index in [1.807, 2.05) is 22.6 Å². The van der Waals surface area contributed by atoms with Crippen LogP contribution in [0.4, 0.5) is 0 Å². The van der Waals surface area contributed by atoms with Gasteiger partial charge in [0.25, 0.3) is 5.91 Å². The number of aryl methyl sites for hydroxylation is 1. The first-order valence-electron chi connectivity index (χ1n) is 6.64. The van der Waals surface area contributed by atoms with Gasteiger partial charge in [0.05, 0.1) is 11.5 Å². The van der Waals surface area contributed by atoms with Crippen LogP contribution in [-0.2, 0) is 4.79 Å². The highest BCUT2D eigenvalue weighted by Gasteiger charge is 2.46.